The predicted octanol–water partition coefficient (Wildman–Crippen LogP) is 3.45. The fourth-order valence-corrected chi connectivity index (χ4v) is 5.01. The fraction of sp³-hybridized carbons (Fsp3) is 0.250. The summed E-state index contributed by atoms with van der Waals surface area (Å²) in [5.74, 6) is 0.353. The summed E-state index contributed by atoms with van der Waals surface area (Å²) in [6.45, 7) is 5.38. The zero-order valence-corrected chi connectivity index (χ0v) is 19.2. The second-order valence-electron chi connectivity index (χ2n) is 7.59. The van der Waals surface area contributed by atoms with E-state index in [0.717, 1.165) is 19.6 Å². The minimum Gasteiger partial charge on any atom is -0.438 e. The van der Waals surface area contributed by atoms with Crippen LogP contribution in [-0.4, -0.2) is 61.2 Å². The molecule has 1 aliphatic heterocycles. The number of sulfonamides is 1. The van der Waals surface area contributed by atoms with Crippen LogP contribution in [0.5, 0.6) is 11.6 Å². The van der Waals surface area contributed by atoms with E-state index in [1.807, 2.05) is 18.2 Å². The first kappa shape index (κ1) is 22.9. The van der Waals surface area contributed by atoms with E-state index in [9.17, 15) is 13.2 Å². The molecule has 0 unspecified atom stereocenters. The highest BCUT2D eigenvalue weighted by molar-refractivity contribution is 7.89. The second kappa shape index (κ2) is 10.1. The normalized spacial score (nSPS) is 15.2. The first-order valence-corrected chi connectivity index (χ1v) is 12.2. The van der Waals surface area contributed by atoms with Crippen molar-refractivity contribution < 1.29 is 17.9 Å². The van der Waals surface area contributed by atoms with Crippen LogP contribution in [0.3, 0.4) is 0 Å². The van der Waals surface area contributed by atoms with Gasteiger partial charge in [0, 0.05) is 38.1 Å². The average molecular weight is 467 g/mol. The monoisotopic (exact) mass is 466 g/mol. The van der Waals surface area contributed by atoms with Crippen molar-refractivity contribution in [3.8, 4) is 11.6 Å². The number of hydrogen-bond donors (Lipinski definition) is 1. The molecular formula is C24H26N4O4S. The molecule has 0 bridgehead atoms. The lowest BCUT2D eigenvalue weighted by Crippen LogP contribution is -2.48. The number of amides is 1. The van der Waals surface area contributed by atoms with E-state index >= 15 is 0 Å². The van der Waals surface area contributed by atoms with Crippen LogP contribution in [0.1, 0.15) is 17.3 Å². The number of carbonyl (C=O) groups is 1. The van der Waals surface area contributed by atoms with Gasteiger partial charge in [-0.3, -0.25) is 4.79 Å². The fourth-order valence-electron chi connectivity index (χ4n) is 3.59. The number of rotatable bonds is 7. The highest BCUT2D eigenvalue weighted by atomic mass is 32.2. The molecule has 1 amide bonds. The molecule has 0 saturated carbocycles. The van der Waals surface area contributed by atoms with Gasteiger partial charge < -0.3 is 15.0 Å². The van der Waals surface area contributed by atoms with Crippen molar-refractivity contribution in [1.29, 1.82) is 0 Å². The van der Waals surface area contributed by atoms with Crippen LogP contribution in [0, 0.1) is 0 Å². The highest BCUT2D eigenvalue weighted by Crippen LogP contribution is 2.24. The first-order chi connectivity index (χ1) is 16.0. The molecule has 1 fully saturated rings. The minimum atomic E-state index is -3.57. The maximum atomic E-state index is 13.0. The van der Waals surface area contributed by atoms with Crippen molar-refractivity contribution in [3.63, 3.8) is 0 Å². The number of pyridine rings is 1. The number of hydrogen-bond acceptors (Lipinski definition) is 6. The molecular weight excluding hydrogens is 440 g/mol. The lowest BCUT2D eigenvalue weighted by atomic mass is 10.2. The summed E-state index contributed by atoms with van der Waals surface area (Å²) >= 11 is 0. The molecule has 1 N–H and O–H groups in total. The highest BCUT2D eigenvalue weighted by Gasteiger charge is 2.28. The zero-order valence-electron chi connectivity index (χ0n) is 18.3. The van der Waals surface area contributed by atoms with Crippen LogP contribution in [0.2, 0.25) is 0 Å². The van der Waals surface area contributed by atoms with Crippen LogP contribution < -0.4 is 10.1 Å². The smallest absolute Gasteiger partial charge is 0.261 e. The summed E-state index contributed by atoms with van der Waals surface area (Å²) in [7, 11) is -3.57. The Bertz CT molecular complexity index is 1190. The van der Waals surface area contributed by atoms with Crippen molar-refractivity contribution in [1.82, 2.24) is 14.2 Å². The van der Waals surface area contributed by atoms with Gasteiger partial charge in [0.2, 0.25) is 15.9 Å². The summed E-state index contributed by atoms with van der Waals surface area (Å²) in [6, 6.07) is 18.6. The first-order valence-electron chi connectivity index (χ1n) is 10.8. The van der Waals surface area contributed by atoms with Crippen LogP contribution >= 0.6 is 0 Å². The Morgan fingerprint density at radius 3 is 2.33 bits per heavy atom. The van der Waals surface area contributed by atoms with Crippen molar-refractivity contribution in [2.75, 3.05) is 38.0 Å². The van der Waals surface area contributed by atoms with Gasteiger partial charge in [-0.25, -0.2) is 13.4 Å². The van der Waals surface area contributed by atoms with E-state index in [1.54, 1.807) is 42.6 Å². The molecule has 0 radical (unpaired) electrons. The zero-order chi connectivity index (χ0) is 23.3. The maximum Gasteiger partial charge on any atom is 0.261 e. The molecule has 4 rings (SSSR count). The Balaban J connectivity index is 1.45. The number of anilines is 1. The summed E-state index contributed by atoms with van der Waals surface area (Å²) in [5, 5.41) is 2.78. The van der Waals surface area contributed by atoms with E-state index in [2.05, 4.69) is 22.1 Å². The largest absolute Gasteiger partial charge is 0.438 e. The van der Waals surface area contributed by atoms with Crippen molar-refractivity contribution in [2.45, 2.75) is 11.8 Å². The molecule has 1 aliphatic rings. The lowest BCUT2D eigenvalue weighted by Gasteiger charge is -2.33. The van der Waals surface area contributed by atoms with Gasteiger partial charge in [-0.05, 0) is 55.1 Å². The quantitative estimate of drug-likeness (QED) is 0.573. The molecule has 2 heterocycles. The van der Waals surface area contributed by atoms with Crippen LogP contribution in [0.4, 0.5) is 5.69 Å². The van der Waals surface area contributed by atoms with E-state index < -0.39 is 15.9 Å². The SMILES string of the molecule is CCN1CCN(S(=O)(=O)c2ccc(NC(=O)c3cccnc3Oc3ccccc3)cc2)CC1. The van der Waals surface area contributed by atoms with Crippen LogP contribution in [0.25, 0.3) is 0 Å². The Kier molecular flexibility index (Phi) is 7.02. The Hall–Kier alpha value is -3.27. The number of carbonyl (C=O) groups excluding carboxylic acids is 1. The molecule has 172 valence electrons. The van der Waals surface area contributed by atoms with Crippen molar-refractivity contribution >= 4 is 21.6 Å². The molecule has 1 aromatic heterocycles. The van der Waals surface area contributed by atoms with Gasteiger partial charge in [0.15, 0.2) is 0 Å². The molecule has 0 aliphatic carbocycles. The lowest BCUT2D eigenvalue weighted by molar-refractivity contribution is 0.102. The average Bonchev–Trinajstić information content (AvgIpc) is 2.85. The van der Waals surface area contributed by atoms with Gasteiger partial charge in [-0.15, -0.1) is 0 Å². The van der Waals surface area contributed by atoms with E-state index in [1.165, 1.54) is 16.4 Å². The standard InChI is InChI=1S/C24H26N4O4S/c1-2-27-15-17-28(18-16-27)33(30,31)21-12-10-19(11-13-21)26-23(29)22-9-6-14-25-24(22)32-20-7-4-3-5-8-20/h3-14H,2,15-18H2,1H3,(H,26,29). The van der Waals surface area contributed by atoms with Crippen LogP contribution in [0.15, 0.2) is 77.8 Å². The summed E-state index contributed by atoms with van der Waals surface area (Å²) in [5.41, 5.74) is 0.746. The number of likely N-dealkylation sites (N-methyl/N-ethyl adjacent to an activating group) is 1. The molecule has 0 spiro atoms. The molecule has 8 nitrogen and oxygen atoms in total. The molecule has 33 heavy (non-hydrogen) atoms. The van der Waals surface area contributed by atoms with E-state index in [4.69, 9.17) is 4.74 Å². The number of benzene rings is 2. The summed E-state index contributed by atoms with van der Waals surface area (Å²) < 4.78 is 33.2. The Labute approximate surface area is 193 Å². The molecule has 1 saturated heterocycles. The van der Waals surface area contributed by atoms with Crippen molar-refractivity contribution in [2.24, 2.45) is 0 Å². The maximum absolute atomic E-state index is 13.0. The topological polar surface area (TPSA) is 91.8 Å². The van der Waals surface area contributed by atoms with Gasteiger partial charge in [0.25, 0.3) is 5.91 Å². The number of nitrogens with one attached hydrogen (secondary N) is 1. The van der Waals surface area contributed by atoms with Crippen LogP contribution in [-0.2, 0) is 10.0 Å². The number of nitrogens with zero attached hydrogens (tertiary/aromatic N) is 3. The molecule has 9 heteroatoms. The van der Waals surface area contributed by atoms with Gasteiger partial charge in [-0.2, -0.15) is 4.31 Å². The third-order valence-corrected chi connectivity index (χ3v) is 7.41. The number of piperazine rings is 1. The Morgan fingerprint density at radius 1 is 0.970 bits per heavy atom. The molecule has 3 aromatic rings. The van der Waals surface area contributed by atoms with E-state index in [0.29, 0.717) is 24.5 Å². The molecule has 2 aromatic carbocycles. The summed E-state index contributed by atoms with van der Waals surface area (Å²) in [4.78, 5) is 19.5. The van der Waals surface area contributed by atoms with Gasteiger partial charge in [-0.1, -0.05) is 25.1 Å². The van der Waals surface area contributed by atoms with Gasteiger partial charge in [0.05, 0.1) is 4.90 Å². The number of ether oxygens (including phenoxy) is 1. The minimum absolute atomic E-state index is 0.187. The molecule has 0 atom stereocenters. The van der Waals surface area contributed by atoms with Crippen molar-refractivity contribution in [3.05, 3.63) is 78.5 Å². The third-order valence-electron chi connectivity index (χ3n) is 5.50. The summed E-state index contributed by atoms with van der Waals surface area (Å²) in [6.07, 6.45) is 1.55. The Morgan fingerprint density at radius 2 is 1.67 bits per heavy atom. The second-order valence-corrected chi connectivity index (χ2v) is 9.53. The number of para-hydroxylation sites is 1. The van der Waals surface area contributed by atoms with Gasteiger partial charge in [0.1, 0.15) is 11.3 Å². The third kappa shape index (κ3) is 5.39. The van der Waals surface area contributed by atoms with Gasteiger partial charge >= 0.3 is 0 Å². The number of aromatic nitrogens is 1. The predicted molar refractivity (Wildman–Crippen MR) is 126 cm³/mol. The van der Waals surface area contributed by atoms with E-state index in [-0.39, 0.29) is 16.3 Å².